The third-order valence-electron chi connectivity index (χ3n) is 7.85. The molecule has 1 aromatic carbocycles. The van der Waals surface area contributed by atoms with Crippen molar-refractivity contribution < 1.29 is 32.3 Å². The fourth-order valence-corrected chi connectivity index (χ4v) is 5.38. The second-order valence-corrected chi connectivity index (χ2v) is 12.0. The van der Waals surface area contributed by atoms with Crippen LogP contribution in [0.1, 0.15) is 55.6 Å². The van der Waals surface area contributed by atoms with E-state index in [9.17, 15) is 32.3 Å². The maximum absolute atomic E-state index is 14.7. The van der Waals surface area contributed by atoms with Crippen molar-refractivity contribution in [3.63, 3.8) is 0 Å². The number of amides is 3. The van der Waals surface area contributed by atoms with E-state index in [2.05, 4.69) is 20.9 Å². The summed E-state index contributed by atoms with van der Waals surface area (Å²) in [6.07, 6.45) is 3.93. The first-order valence-corrected chi connectivity index (χ1v) is 14.6. The molecule has 2 aromatic heterocycles. The predicted molar refractivity (Wildman–Crippen MR) is 155 cm³/mol. The van der Waals surface area contributed by atoms with Crippen LogP contribution >= 0.6 is 0 Å². The molecule has 1 saturated carbocycles. The van der Waals surface area contributed by atoms with Crippen LogP contribution in [0.4, 0.5) is 18.9 Å². The van der Waals surface area contributed by atoms with Gasteiger partial charge in [0.05, 0.1) is 18.4 Å². The number of pyridine rings is 1. The number of anilines is 1. The van der Waals surface area contributed by atoms with Crippen molar-refractivity contribution in [2.45, 2.75) is 71.2 Å². The summed E-state index contributed by atoms with van der Waals surface area (Å²) in [4.78, 5) is 51.1. The van der Waals surface area contributed by atoms with E-state index in [-0.39, 0.29) is 37.2 Å². The minimum atomic E-state index is -1.86. The molecule has 1 aliphatic carbocycles. The van der Waals surface area contributed by atoms with Crippen molar-refractivity contribution in [2.24, 2.45) is 5.41 Å². The summed E-state index contributed by atoms with van der Waals surface area (Å²) < 4.78 is 50.5. The summed E-state index contributed by atoms with van der Waals surface area (Å²) >= 11 is 0. The van der Waals surface area contributed by atoms with Gasteiger partial charge in [-0.3, -0.25) is 19.2 Å². The Morgan fingerprint density at radius 2 is 1.93 bits per heavy atom. The van der Waals surface area contributed by atoms with E-state index in [1.165, 1.54) is 31.1 Å². The highest BCUT2D eigenvalue weighted by Crippen LogP contribution is 2.48. The second kappa shape index (κ2) is 12.7. The molecular formula is C30H34F3N7O5. The maximum Gasteiger partial charge on any atom is 0.313 e. The first-order chi connectivity index (χ1) is 21.3. The van der Waals surface area contributed by atoms with Gasteiger partial charge in [-0.1, -0.05) is 23.8 Å². The molecule has 2 aliphatic rings. The Hall–Kier alpha value is -4.69. The highest BCUT2D eigenvalue weighted by molar-refractivity contribution is 6.39. The van der Waals surface area contributed by atoms with Crippen LogP contribution in [0.15, 0.2) is 47.5 Å². The normalized spacial score (nSPS) is 16.0. The summed E-state index contributed by atoms with van der Waals surface area (Å²) in [7, 11) is 0. The first-order valence-electron chi connectivity index (χ1n) is 14.6. The van der Waals surface area contributed by atoms with E-state index in [1.807, 2.05) is 0 Å². The average molecular weight is 630 g/mol. The van der Waals surface area contributed by atoms with Gasteiger partial charge in [0.25, 0.3) is 11.5 Å². The molecule has 15 heteroatoms. The third-order valence-corrected chi connectivity index (χ3v) is 7.85. The SMILES string of the molecule is CC(C)(F)Oc1cccc(CNC(=O)c2cn(CC(F)CCn3ccc(NC(=O)C(=O)N4CC5(CCC5)C4)c(F)c3=O)nn2)c1. The molecule has 0 radical (unpaired) electrons. The first kappa shape index (κ1) is 31.7. The molecule has 45 heavy (non-hydrogen) atoms. The lowest BCUT2D eigenvalue weighted by molar-refractivity contribution is -0.156. The Morgan fingerprint density at radius 1 is 1.18 bits per heavy atom. The van der Waals surface area contributed by atoms with Gasteiger partial charge in [-0.15, -0.1) is 5.10 Å². The lowest BCUT2D eigenvalue weighted by Crippen LogP contribution is -2.63. The minimum Gasteiger partial charge on any atom is -0.459 e. The van der Waals surface area contributed by atoms with Crippen LogP contribution in [-0.2, 0) is 29.2 Å². The standard InChI is InChI=1S/C30H34F3N7O5/c1-29(2,33)45-21-6-3-5-19(13-21)14-34-25(41)23-16-40(37-36-23)15-20(31)7-11-38-12-8-22(24(32)27(38)43)35-26(42)28(44)39-17-30(18-39)9-4-10-30/h3,5-6,8,12-13,16,20H,4,7,9-11,14-15,17-18H2,1-2H3,(H,34,41)(H,35,42). The van der Waals surface area contributed by atoms with E-state index in [1.54, 1.807) is 24.3 Å². The van der Waals surface area contributed by atoms with Crippen molar-refractivity contribution in [1.29, 1.82) is 0 Å². The smallest absolute Gasteiger partial charge is 0.313 e. The average Bonchev–Trinajstić information content (AvgIpc) is 3.40. The number of rotatable bonds is 11. The summed E-state index contributed by atoms with van der Waals surface area (Å²) in [5.41, 5.74) is -0.767. The quantitative estimate of drug-likeness (QED) is 0.311. The van der Waals surface area contributed by atoms with Crippen LogP contribution in [0.2, 0.25) is 0 Å². The molecule has 1 aliphatic heterocycles. The molecule has 1 saturated heterocycles. The van der Waals surface area contributed by atoms with E-state index >= 15 is 0 Å². The molecule has 1 spiro atoms. The van der Waals surface area contributed by atoms with Crippen molar-refractivity contribution in [1.82, 2.24) is 29.8 Å². The molecule has 5 rings (SSSR count). The predicted octanol–water partition coefficient (Wildman–Crippen LogP) is 2.97. The number of hydrogen-bond acceptors (Lipinski definition) is 7. The number of likely N-dealkylation sites (tertiary alicyclic amines) is 1. The fraction of sp³-hybridized carbons (Fsp3) is 0.467. The largest absolute Gasteiger partial charge is 0.459 e. The molecular weight excluding hydrogens is 595 g/mol. The van der Waals surface area contributed by atoms with Crippen LogP contribution < -0.4 is 20.9 Å². The van der Waals surface area contributed by atoms with Crippen molar-refractivity contribution in [3.05, 3.63) is 70.2 Å². The lowest BCUT2D eigenvalue weighted by Gasteiger charge is -2.55. The van der Waals surface area contributed by atoms with Gasteiger partial charge in [0.1, 0.15) is 11.9 Å². The number of benzene rings is 1. The molecule has 12 nitrogen and oxygen atoms in total. The molecule has 3 aromatic rings. The summed E-state index contributed by atoms with van der Waals surface area (Å²) in [6.45, 7) is 3.21. The van der Waals surface area contributed by atoms with Gasteiger partial charge in [-0.25, -0.2) is 9.07 Å². The molecule has 2 N–H and O–H groups in total. The van der Waals surface area contributed by atoms with Gasteiger partial charge < -0.3 is 24.8 Å². The number of carbonyl (C=O) groups is 3. The van der Waals surface area contributed by atoms with Gasteiger partial charge in [-0.2, -0.15) is 8.78 Å². The van der Waals surface area contributed by atoms with Crippen molar-refractivity contribution in [2.75, 3.05) is 18.4 Å². The van der Waals surface area contributed by atoms with Crippen LogP contribution in [0.5, 0.6) is 5.75 Å². The third kappa shape index (κ3) is 7.70. The Labute approximate surface area is 256 Å². The zero-order valence-electron chi connectivity index (χ0n) is 24.9. The molecule has 3 heterocycles. The zero-order chi connectivity index (χ0) is 32.4. The number of alkyl halides is 2. The van der Waals surface area contributed by atoms with Crippen molar-refractivity contribution >= 4 is 23.4 Å². The van der Waals surface area contributed by atoms with Gasteiger partial charge in [0, 0.05) is 51.6 Å². The summed E-state index contributed by atoms with van der Waals surface area (Å²) in [5.74, 6) is -5.17. The highest BCUT2D eigenvalue weighted by Gasteiger charge is 2.50. The van der Waals surface area contributed by atoms with Crippen LogP contribution in [0.3, 0.4) is 0 Å². The second-order valence-electron chi connectivity index (χ2n) is 12.0. The van der Waals surface area contributed by atoms with E-state index < -0.39 is 46.8 Å². The minimum absolute atomic E-state index is 0.0504. The molecule has 240 valence electrons. The van der Waals surface area contributed by atoms with Crippen molar-refractivity contribution in [3.8, 4) is 5.75 Å². The topological polar surface area (TPSA) is 140 Å². The maximum atomic E-state index is 14.7. The van der Waals surface area contributed by atoms with Crippen LogP contribution in [-0.4, -0.2) is 67.3 Å². The number of aromatic nitrogens is 4. The highest BCUT2D eigenvalue weighted by atomic mass is 19.2. The number of nitrogens with zero attached hydrogens (tertiary/aromatic N) is 5. The van der Waals surface area contributed by atoms with Crippen LogP contribution in [0, 0.1) is 11.2 Å². The summed E-state index contributed by atoms with van der Waals surface area (Å²) in [6, 6.07) is 7.71. The molecule has 1 atom stereocenters. The van der Waals surface area contributed by atoms with E-state index in [0.717, 1.165) is 34.6 Å². The Kier molecular flexibility index (Phi) is 8.98. The lowest BCUT2D eigenvalue weighted by atomic mass is 9.63. The Balaban J connectivity index is 1.08. The molecule has 1 unspecified atom stereocenters. The van der Waals surface area contributed by atoms with Gasteiger partial charge >= 0.3 is 11.8 Å². The number of aryl methyl sites for hydroxylation is 1. The molecule has 2 fully saturated rings. The molecule has 3 amide bonds. The number of halogens is 3. The molecule has 0 bridgehead atoms. The number of carbonyl (C=O) groups excluding carboxylic acids is 3. The Morgan fingerprint density at radius 3 is 2.62 bits per heavy atom. The fourth-order valence-electron chi connectivity index (χ4n) is 5.38. The summed E-state index contributed by atoms with van der Waals surface area (Å²) in [5, 5.41) is 12.4. The van der Waals surface area contributed by atoms with Gasteiger partial charge in [-0.05, 0) is 43.0 Å². The number of ether oxygens (including phenoxy) is 1. The number of hydrogen-bond donors (Lipinski definition) is 2. The van der Waals surface area contributed by atoms with Crippen LogP contribution in [0.25, 0.3) is 0 Å². The van der Waals surface area contributed by atoms with E-state index in [0.29, 0.717) is 24.4 Å². The monoisotopic (exact) mass is 629 g/mol. The van der Waals surface area contributed by atoms with Gasteiger partial charge in [0.15, 0.2) is 5.69 Å². The van der Waals surface area contributed by atoms with Gasteiger partial charge in [0.2, 0.25) is 11.7 Å². The number of nitrogens with one attached hydrogen (secondary N) is 2. The zero-order valence-corrected chi connectivity index (χ0v) is 24.9. The Bertz CT molecular complexity index is 1640. The van der Waals surface area contributed by atoms with E-state index in [4.69, 9.17) is 4.74 Å².